The van der Waals surface area contributed by atoms with Crippen LogP contribution in [0.4, 0.5) is 0 Å². The zero-order chi connectivity index (χ0) is 21.9. The third kappa shape index (κ3) is 4.61. The fraction of sp³-hybridized carbons (Fsp3) is 0.600. The number of amides is 1. The first-order chi connectivity index (χ1) is 14.1. The highest BCUT2D eigenvalue weighted by atomic mass is 16.5. The number of nitrogens with zero attached hydrogens (tertiary/aromatic N) is 1. The van der Waals surface area contributed by atoms with Crippen molar-refractivity contribution in [2.45, 2.75) is 71.4 Å². The third-order valence-corrected chi connectivity index (χ3v) is 6.58. The van der Waals surface area contributed by atoms with Gasteiger partial charge >= 0.3 is 5.97 Å². The van der Waals surface area contributed by atoms with E-state index in [1.807, 2.05) is 45.9 Å². The van der Waals surface area contributed by atoms with Gasteiger partial charge in [-0.1, -0.05) is 63.6 Å². The van der Waals surface area contributed by atoms with Crippen LogP contribution in [-0.2, 0) is 19.7 Å². The van der Waals surface area contributed by atoms with Gasteiger partial charge in [-0.15, -0.1) is 0 Å². The van der Waals surface area contributed by atoms with Gasteiger partial charge in [-0.3, -0.25) is 14.5 Å². The number of hydrogen-bond donors (Lipinski definition) is 1. The molecule has 0 radical (unpaired) electrons. The van der Waals surface area contributed by atoms with E-state index in [-0.39, 0.29) is 36.0 Å². The summed E-state index contributed by atoms with van der Waals surface area (Å²) in [4.78, 5) is 27.7. The normalized spacial score (nSPS) is 25.3. The topological polar surface area (TPSA) is 58.6 Å². The van der Waals surface area contributed by atoms with E-state index in [2.05, 4.69) is 28.4 Å². The highest BCUT2D eigenvalue weighted by Crippen LogP contribution is 2.40. The predicted octanol–water partition coefficient (Wildman–Crippen LogP) is 3.92. The van der Waals surface area contributed by atoms with E-state index >= 15 is 0 Å². The summed E-state index contributed by atoms with van der Waals surface area (Å²) in [5.74, 6) is -0.344. The number of piperidine rings is 1. The van der Waals surface area contributed by atoms with Crippen molar-refractivity contribution >= 4 is 18.0 Å². The Hall–Kier alpha value is -2.14. The molecule has 164 valence electrons. The van der Waals surface area contributed by atoms with Crippen LogP contribution >= 0.6 is 0 Å². The summed E-state index contributed by atoms with van der Waals surface area (Å²) in [5.41, 5.74) is 1.07. The van der Waals surface area contributed by atoms with Crippen LogP contribution in [0.25, 0.3) is 6.08 Å². The molecular formula is C25H36N2O3. The Morgan fingerprint density at radius 1 is 1.20 bits per heavy atom. The van der Waals surface area contributed by atoms with E-state index in [0.717, 1.165) is 37.1 Å². The highest BCUT2D eigenvalue weighted by Gasteiger charge is 2.48. The van der Waals surface area contributed by atoms with Gasteiger partial charge < -0.3 is 10.1 Å². The summed E-state index contributed by atoms with van der Waals surface area (Å²) in [6.45, 7) is 11.8. The minimum absolute atomic E-state index is 0.0333. The molecule has 5 heteroatoms. The van der Waals surface area contributed by atoms with Crippen LogP contribution in [0.3, 0.4) is 0 Å². The average molecular weight is 413 g/mol. The summed E-state index contributed by atoms with van der Waals surface area (Å²) >= 11 is 0. The fourth-order valence-corrected chi connectivity index (χ4v) is 4.64. The molecule has 1 aromatic carbocycles. The number of benzene rings is 1. The van der Waals surface area contributed by atoms with Crippen molar-refractivity contribution in [2.75, 3.05) is 19.7 Å². The quantitative estimate of drug-likeness (QED) is 0.745. The highest BCUT2D eigenvalue weighted by molar-refractivity contribution is 5.87. The molecule has 1 aliphatic heterocycles. The Labute approximate surface area is 180 Å². The summed E-state index contributed by atoms with van der Waals surface area (Å²) < 4.78 is 5.94. The van der Waals surface area contributed by atoms with Gasteiger partial charge in [-0.05, 0) is 49.4 Å². The van der Waals surface area contributed by atoms with Gasteiger partial charge in [0.15, 0.2) is 0 Å². The molecule has 1 aliphatic carbocycles. The van der Waals surface area contributed by atoms with Crippen molar-refractivity contribution in [1.29, 1.82) is 0 Å². The smallest absolute Gasteiger partial charge is 0.318 e. The Balaban J connectivity index is 1.88. The number of nitrogens with one attached hydrogen (secondary N) is 1. The number of carbonyl (C=O) groups is 2. The lowest BCUT2D eigenvalue weighted by Crippen LogP contribution is -2.56. The lowest BCUT2D eigenvalue weighted by atomic mass is 9.70. The summed E-state index contributed by atoms with van der Waals surface area (Å²) in [6, 6.07) is 7.82. The zero-order valence-electron chi connectivity index (χ0n) is 19.0. The molecule has 1 fully saturated rings. The molecule has 0 saturated carbocycles. The van der Waals surface area contributed by atoms with Gasteiger partial charge in [0.05, 0.1) is 6.04 Å². The number of esters is 1. The predicted molar refractivity (Wildman–Crippen MR) is 120 cm³/mol. The minimum Gasteiger partial charge on any atom is -0.463 e. The Morgan fingerprint density at radius 3 is 2.50 bits per heavy atom. The van der Waals surface area contributed by atoms with Gasteiger partial charge in [0.2, 0.25) is 5.91 Å². The first kappa shape index (κ1) is 22.5. The zero-order valence-corrected chi connectivity index (χ0v) is 19.0. The SMILES string of the molecule is CC(=O)N[C@H](COC(=O)[C@]1(C)c2ccccc2C=C[C@@H]1N1CCCCC1)C(C)(C)C. The Bertz CT molecular complexity index is 805. The van der Waals surface area contributed by atoms with Crippen LogP contribution in [0, 0.1) is 5.41 Å². The fourth-order valence-electron chi connectivity index (χ4n) is 4.64. The van der Waals surface area contributed by atoms with E-state index in [1.165, 1.54) is 13.3 Å². The molecule has 3 rings (SSSR count). The molecule has 1 saturated heterocycles. The first-order valence-electron chi connectivity index (χ1n) is 11.1. The van der Waals surface area contributed by atoms with Crippen LogP contribution in [0.1, 0.15) is 65.0 Å². The van der Waals surface area contributed by atoms with Crippen LogP contribution in [0.2, 0.25) is 0 Å². The average Bonchev–Trinajstić information content (AvgIpc) is 2.71. The van der Waals surface area contributed by atoms with E-state index in [4.69, 9.17) is 4.74 Å². The largest absolute Gasteiger partial charge is 0.463 e. The van der Waals surface area contributed by atoms with E-state index in [9.17, 15) is 9.59 Å². The molecule has 3 atom stereocenters. The van der Waals surface area contributed by atoms with Gasteiger partial charge in [0.1, 0.15) is 12.0 Å². The molecule has 2 aliphatic rings. The van der Waals surface area contributed by atoms with E-state index < -0.39 is 5.41 Å². The third-order valence-electron chi connectivity index (χ3n) is 6.58. The number of ether oxygens (including phenoxy) is 1. The molecule has 0 bridgehead atoms. The summed E-state index contributed by atoms with van der Waals surface area (Å²) in [7, 11) is 0. The molecule has 30 heavy (non-hydrogen) atoms. The number of carbonyl (C=O) groups excluding carboxylic acids is 2. The minimum atomic E-state index is -0.790. The van der Waals surface area contributed by atoms with Crippen LogP contribution in [0.5, 0.6) is 0 Å². The number of likely N-dealkylation sites (tertiary alicyclic amines) is 1. The molecule has 1 N–H and O–H groups in total. The Kier molecular flexibility index (Phi) is 6.71. The van der Waals surface area contributed by atoms with Crippen molar-refractivity contribution in [3.63, 3.8) is 0 Å². The summed E-state index contributed by atoms with van der Waals surface area (Å²) in [6.07, 6.45) is 7.87. The standard InChI is InChI=1S/C25H36N2O3/c1-18(28)26-21(24(2,3)4)17-30-23(29)25(5)20-12-8-7-11-19(20)13-14-22(25)27-15-9-6-10-16-27/h7-8,11-14,21-22H,6,9-10,15-17H2,1-5H3,(H,26,28)/t21-,22+,25-/m1/s1. The van der Waals surface area contributed by atoms with Crippen molar-refractivity contribution < 1.29 is 14.3 Å². The van der Waals surface area contributed by atoms with Crippen molar-refractivity contribution in [3.05, 3.63) is 41.5 Å². The summed E-state index contributed by atoms with van der Waals surface area (Å²) in [5, 5.41) is 2.94. The second-order valence-corrected chi connectivity index (χ2v) is 9.91. The molecule has 1 amide bonds. The second-order valence-electron chi connectivity index (χ2n) is 9.91. The maximum absolute atomic E-state index is 13.7. The molecule has 1 aromatic rings. The van der Waals surface area contributed by atoms with Crippen LogP contribution in [-0.4, -0.2) is 48.6 Å². The molecule has 0 unspecified atom stereocenters. The molecule has 0 spiro atoms. The second kappa shape index (κ2) is 8.93. The maximum atomic E-state index is 13.7. The van der Waals surface area contributed by atoms with Gasteiger partial charge in [-0.25, -0.2) is 0 Å². The lowest BCUT2D eigenvalue weighted by Gasteiger charge is -2.45. The molecular weight excluding hydrogens is 376 g/mol. The lowest BCUT2D eigenvalue weighted by molar-refractivity contribution is -0.154. The van der Waals surface area contributed by atoms with Gasteiger partial charge in [0, 0.05) is 13.0 Å². The maximum Gasteiger partial charge on any atom is 0.318 e. The number of rotatable bonds is 5. The van der Waals surface area contributed by atoms with E-state index in [1.54, 1.807) is 0 Å². The van der Waals surface area contributed by atoms with Crippen molar-refractivity contribution in [3.8, 4) is 0 Å². The van der Waals surface area contributed by atoms with Crippen LogP contribution < -0.4 is 5.32 Å². The monoisotopic (exact) mass is 412 g/mol. The van der Waals surface area contributed by atoms with Crippen molar-refractivity contribution in [2.24, 2.45) is 5.41 Å². The number of hydrogen-bond acceptors (Lipinski definition) is 4. The van der Waals surface area contributed by atoms with Gasteiger partial charge in [0.25, 0.3) is 0 Å². The molecule has 0 aromatic heterocycles. The van der Waals surface area contributed by atoms with Gasteiger partial charge in [-0.2, -0.15) is 0 Å². The molecule has 5 nitrogen and oxygen atoms in total. The van der Waals surface area contributed by atoms with Crippen molar-refractivity contribution in [1.82, 2.24) is 10.2 Å². The van der Waals surface area contributed by atoms with Crippen LogP contribution in [0.15, 0.2) is 30.3 Å². The van der Waals surface area contributed by atoms with E-state index in [0.29, 0.717) is 0 Å². The number of fused-ring (bicyclic) bond motifs is 1. The first-order valence-corrected chi connectivity index (χ1v) is 11.1. The Morgan fingerprint density at radius 2 is 1.87 bits per heavy atom. The molecule has 1 heterocycles.